The fourth-order valence-electron chi connectivity index (χ4n) is 3.71. The zero-order chi connectivity index (χ0) is 17.5. The molecule has 1 saturated heterocycles. The standard InChI is InChI=1S/C18H23BrN2O3/c1-17(2,3)24-16(22)21-8-6-18(7-9-21)11-15(20-23)13-10-12(19)4-5-14(13)18/h4-5,10,23H,6-9,11H2,1-3H3/b20-15-. The molecule has 6 heteroatoms. The fourth-order valence-corrected chi connectivity index (χ4v) is 4.07. The number of nitrogens with zero attached hydrogens (tertiary/aromatic N) is 2. The van der Waals surface area contributed by atoms with Crippen LogP contribution < -0.4 is 0 Å². The van der Waals surface area contributed by atoms with E-state index in [0.717, 1.165) is 35.0 Å². The van der Waals surface area contributed by atoms with Gasteiger partial charge in [0.25, 0.3) is 0 Å². The number of benzene rings is 1. The van der Waals surface area contributed by atoms with Gasteiger partial charge in [-0.15, -0.1) is 0 Å². The number of hydrogen-bond donors (Lipinski definition) is 1. The number of likely N-dealkylation sites (tertiary alicyclic amines) is 1. The summed E-state index contributed by atoms with van der Waals surface area (Å²) in [6.07, 6.45) is 2.17. The lowest BCUT2D eigenvalue weighted by molar-refractivity contribution is 0.0168. The molecule has 0 atom stereocenters. The van der Waals surface area contributed by atoms with E-state index in [1.54, 1.807) is 4.90 Å². The highest BCUT2D eigenvalue weighted by atomic mass is 79.9. The van der Waals surface area contributed by atoms with Crippen LogP contribution in [-0.4, -0.2) is 40.6 Å². The van der Waals surface area contributed by atoms with Crippen LogP contribution in [-0.2, 0) is 10.2 Å². The van der Waals surface area contributed by atoms with Gasteiger partial charge in [0.15, 0.2) is 0 Å². The summed E-state index contributed by atoms with van der Waals surface area (Å²) < 4.78 is 6.45. The van der Waals surface area contributed by atoms with E-state index >= 15 is 0 Å². The van der Waals surface area contributed by atoms with Gasteiger partial charge in [-0.2, -0.15) is 0 Å². The van der Waals surface area contributed by atoms with Crippen LogP contribution in [0.25, 0.3) is 0 Å². The highest BCUT2D eigenvalue weighted by molar-refractivity contribution is 9.10. The van der Waals surface area contributed by atoms with Gasteiger partial charge in [0, 0.05) is 35.0 Å². The maximum absolute atomic E-state index is 12.3. The summed E-state index contributed by atoms with van der Waals surface area (Å²) in [7, 11) is 0. The first-order valence-corrected chi connectivity index (χ1v) is 9.03. The molecule has 3 rings (SSSR count). The van der Waals surface area contributed by atoms with Crippen molar-refractivity contribution in [1.82, 2.24) is 4.90 Å². The minimum absolute atomic E-state index is 0.0455. The van der Waals surface area contributed by atoms with Crippen molar-refractivity contribution in [2.75, 3.05) is 13.1 Å². The first-order valence-electron chi connectivity index (χ1n) is 8.23. The molecule has 1 aromatic carbocycles. The maximum atomic E-state index is 12.3. The van der Waals surface area contributed by atoms with Crippen molar-refractivity contribution >= 4 is 27.7 Å². The molecule has 1 amide bonds. The largest absolute Gasteiger partial charge is 0.444 e. The monoisotopic (exact) mass is 394 g/mol. The molecule has 5 nitrogen and oxygen atoms in total. The van der Waals surface area contributed by atoms with Crippen molar-refractivity contribution in [2.45, 2.75) is 51.0 Å². The van der Waals surface area contributed by atoms with Crippen LogP contribution in [0.2, 0.25) is 0 Å². The van der Waals surface area contributed by atoms with Gasteiger partial charge in [-0.3, -0.25) is 0 Å². The lowest BCUT2D eigenvalue weighted by Crippen LogP contribution is -2.46. The number of halogens is 1. The topological polar surface area (TPSA) is 62.1 Å². The van der Waals surface area contributed by atoms with E-state index in [9.17, 15) is 10.0 Å². The first-order chi connectivity index (χ1) is 11.2. The number of piperidine rings is 1. The van der Waals surface area contributed by atoms with E-state index < -0.39 is 5.60 Å². The summed E-state index contributed by atoms with van der Waals surface area (Å²) in [6, 6.07) is 6.15. The smallest absolute Gasteiger partial charge is 0.410 e. The number of amides is 1. The molecular weight excluding hydrogens is 372 g/mol. The zero-order valence-electron chi connectivity index (χ0n) is 14.3. The Kier molecular flexibility index (Phi) is 4.36. The molecule has 0 saturated carbocycles. The quantitative estimate of drug-likeness (QED) is 0.526. The van der Waals surface area contributed by atoms with E-state index in [0.29, 0.717) is 13.1 Å². The number of rotatable bonds is 0. The molecular formula is C18H23BrN2O3. The van der Waals surface area contributed by atoms with E-state index in [2.05, 4.69) is 27.2 Å². The van der Waals surface area contributed by atoms with Gasteiger partial charge in [-0.25, -0.2) is 4.79 Å². The van der Waals surface area contributed by atoms with Crippen LogP contribution in [0.5, 0.6) is 0 Å². The van der Waals surface area contributed by atoms with Crippen LogP contribution in [0.15, 0.2) is 27.8 Å². The number of ether oxygens (including phenoxy) is 1. The lowest BCUT2D eigenvalue weighted by Gasteiger charge is -2.40. The Morgan fingerprint density at radius 3 is 2.58 bits per heavy atom. The van der Waals surface area contributed by atoms with Crippen molar-refractivity contribution in [3.63, 3.8) is 0 Å². The van der Waals surface area contributed by atoms with Gasteiger partial charge in [0.05, 0.1) is 5.71 Å². The Balaban J connectivity index is 1.78. The predicted molar refractivity (Wildman–Crippen MR) is 95.8 cm³/mol. The lowest BCUT2D eigenvalue weighted by atomic mass is 9.74. The molecule has 24 heavy (non-hydrogen) atoms. The molecule has 0 radical (unpaired) electrons. The SMILES string of the molecule is CC(C)(C)OC(=O)N1CCC2(CC1)C/C(=N/O)c1cc(Br)ccc12. The number of oxime groups is 1. The molecule has 130 valence electrons. The van der Waals surface area contributed by atoms with Crippen LogP contribution in [0, 0.1) is 0 Å². The Morgan fingerprint density at radius 2 is 2.00 bits per heavy atom. The zero-order valence-corrected chi connectivity index (χ0v) is 15.9. The van der Waals surface area contributed by atoms with E-state index in [1.165, 1.54) is 5.56 Å². The molecule has 1 fully saturated rings. The van der Waals surface area contributed by atoms with Gasteiger partial charge in [0.1, 0.15) is 5.60 Å². The van der Waals surface area contributed by atoms with Crippen molar-refractivity contribution < 1.29 is 14.7 Å². The molecule has 1 heterocycles. The van der Waals surface area contributed by atoms with Crippen LogP contribution >= 0.6 is 15.9 Å². The third kappa shape index (κ3) is 3.16. The number of hydrogen-bond acceptors (Lipinski definition) is 4. The summed E-state index contributed by atoms with van der Waals surface area (Å²) >= 11 is 3.48. The van der Waals surface area contributed by atoms with Crippen molar-refractivity contribution in [2.24, 2.45) is 5.16 Å². The Labute approximate surface area is 150 Å². The predicted octanol–water partition coefficient (Wildman–Crippen LogP) is 4.30. The average molecular weight is 395 g/mol. The third-order valence-corrected chi connectivity index (χ3v) is 5.36. The second kappa shape index (κ2) is 6.06. The highest BCUT2D eigenvalue weighted by Crippen LogP contribution is 2.47. The van der Waals surface area contributed by atoms with Crippen molar-refractivity contribution in [3.05, 3.63) is 33.8 Å². The highest BCUT2D eigenvalue weighted by Gasteiger charge is 2.45. The molecule has 1 N–H and O–H groups in total. The van der Waals surface area contributed by atoms with E-state index in [1.807, 2.05) is 32.9 Å². The summed E-state index contributed by atoms with van der Waals surface area (Å²) in [4.78, 5) is 14.0. The van der Waals surface area contributed by atoms with Crippen molar-refractivity contribution in [3.8, 4) is 0 Å². The fraction of sp³-hybridized carbons (Fsp3) is 0.556. The molecule has 1 aliphatic carbocycles. The maximum Gasteiger partial charge on any atom is 0.410 e. The molecule has 0 aromatic heterocycles. The number of carbonyl (C=O) groups excluding carboxylic acids is 1. The summed E-state index contributed by atoms with van der Waals surface area (Å²) in [5.41, 5.74) is 2.45. The second-order valence-electron chi connectivity index (χ2n) is 7.66. The summed E-state index contributed by atoms with van der Waals surface area (Å²) in [5, 5.41) is 12.9. The number of fused-ring (bicyclic) bond motifs is 2. The van der Waals surface area contributed by atoms with E-state index in [4.69, 9.17) is 4.74 Å². The van der Waals surface area contributed by atoms with Gasteiger partial charge >= 0.3 is 6.09 Å². The summed E-state index contributed by atoms with van der Waals surface area (Å²) in [6.45, 7) is 6.95. The minimum atomic E-state index is -0.477. The van der Waals surface area contributed by atoms with E-state index in [-0.39, 0.29) is 11.5 Å². The second-order valence-corrected chi connectivity index (χ2v) is 8.58. The Hall–Kier alpha value is -1.56. The normalized spacial score (nSPS) is 21.2. The molecule has 1 aromatic rings. The third-order valence-electron chi connectivity index (χ3n) is 4.86. The molecule has 0 bridgehead atoms. The molecule has 1 spiro atoms. The Morgan fingerprint density at radius 1 is 1.33 bits per heavy atom. The van der Waals surface area contributed by atoms with Gasteiger partial charge in [-0.1, -0.05) is 27.2 Å². The van der Waals surface area contributed by atoms with Crippen LogP contribution in [0.1, 0.15) is 51.2 Å². The number of carbonyl (C=O) groups is 1. The molecule has 1 aliphatic heterocycles. The van der Waals surface area contributed by atoms with Gasteiger partial charge in [0.2, 0.25) is 0 Å². The molecule has 0 unspecified atom stereocenters. The first kappa shape index (κ1) is 17.3. The minimum Gasteiger partial charge on any atom is -0.444 e. The average Bonchev–Trinajstić information content (AvgIpc) is 2.79. The summed E-state index contributed by atoms with van der Waals surface area (Å²) in [5.74, 6) is 0. The Bertz CT molecular complexity index is 686. The molecule has 2 aliphatic rings. The van der Waals surface area contributed by atoms with Gasteiger partial charge in [-0.05, 0) is 51.3 Å². The van der Waals surface area contributed by atoms with Crippen molar-refractivity contribution in [1.29, 1.82) is 0 Å². The van der Waals surface area contributed by atoms with Crippen LogP contribution in [0.3, 0.4) is 0 Å². The van der Waals surface area contributed by atoms with Crippen LogP contribution in [0.4, 0.5) is 4.79 Å². The van der Waals surface area contributed by atoms with Gasteiger partial charge < -0.3 is 14.8 Å².